The van der Waals surface area contributed by atoms with E-state index in [0.717, 1.165) is 35.7 Å². The molecule has 1 saturated heterocycles. The number of methoxy groups -OCH3 is 1. The Morgan fingerprint density at radius 1 is 1.03 bits per heavy atom. The fraction of sp³-hybridized carbons (Fsp3) is 0.360. The highest BCUT2D eigenvalue weighted by Crippen LogP contribution is 2.34. The van der Waals surface area contributed by atoms with Gasteiger partial charge in [0.15, 0.2) is 0 Å². The van der Waals surface area contributed by atoms with Crippen molar-refractivity contribution in [1.82, 2.24) is 9.47 Å². The minimum Gasteiger partial charge on any atom is -0.497 e. The van der Waals surface area contributed by atoms with E-state index in [1.807, 2.05) is 30.3 Å². The molecule has 8 nitrogen and oxygen atoms in total. The van der Waals surface area contributed by atoms with E-state index in [1.165, 1.54) is 6.92 Å². The quantitative estimate of drug-likeness (QED) is 0.401. The fourth-order valence-electron chi connectivity index (χ4n) is 4.13. The SMILES string of the molecule is CCOC(=O)c1c(CN2CCOCC2)n(-c2ccc(OC)cc2)c2ccc(OC(C)=O)cc12. The maximum Gasteiger partial charge on any atom is 0.340 e. The molecule has 0 radical (unpaired) electrons. The van der Waals surface area contributed by atoms with Crippen LogP contribution >= 0.6 is 0 Å². The fourth-order valence-corrected chi connectivity index (χ4v) is 4.13. The molecule has 0 atom stereocenters. The smallest absolute Gasteiger partial charge is 0.340 e. The Kier molecular flexibility index (Phi) is 6.96. The van der Waals surface area contributed by atoms with Crippen LogP contribution in [0, 0.1) is 0 Å². The molecule has 0 amide bonds. The Labute approximate surface area is 192 Å². The van der Waals surface area contributed by atoms with Gasteiger partial charge >= 0.3 is 11.9 Å². The van der Waals surface area contributed by atoms with Crippen molar-refractivity contribution >= 4 is 22.8 Å². The minimum atomic E-state index is -0.421. The predicted octanol–water partition coefficient (Wildman–Crippen LogP) is 3.57. The molecule has 0 N–H and O–H groups in total. The Morgan fingerprint density at radius 2 is 1.73 bits per heavy atom. The number of hydrogen-bond acceptors (Lipinski definition) is 7. The highest BCUT2D eigenvalue weighted by molar-refractivity contribution is 6.07. The summed E-state index contributed by atoms with van der Waals surface area (Å²) in [5.74, 6) is 0.297. The number of nitrogens with zero attached hydrogens (tertiary/aromatic N) is 2. The topological polar surface area (TPSA) is 79.2 Å². The number of morpholine rings is 1. The molecule has 174 valence electrons. The van der Waals surface area contributed by atoms with Gasteiger partial charge in [0.2, 0.25) is 0 Å². The van der Waals surface area contributed by atoms with Gasteiger partial charge in [-0.3, -0.25) is 9.69 Å². The van der Waals surface area contributed by atoms with Crippen LogP contribution in [0.1, 0.15) is 29.9 Å². The van der Waals surface area contributed by atoms with E-state index in [0.29, 0.717) is 36.5 Å². The number of fused-ring (bicyclic) bond motifs is 1. The Balaban J connectivity index is 1.94. The third-order valence-electron chi connectivity index (χ3n) is 5.59. The first-order chi connectivity index (χ1) is 16.0. The van der Waals surface area contributed by atoms with Gasteiger partial charge in [-0.25, -0.2) is 4.79 Å². The molecule has 0 bridgehead atoms. The van der Waals surface area contributed by atoms with Crippen LogP contribution in [0.4, 0.5) is 0 Å². The molecule has 1 aliphatic heterocycles. The number of esters is 2. The monoisotopic (exact) mass is 452 g/mol. The van der Waals surface area contributed by atoms with Gasteiger partial charge in [0.05, 0.1) is 43.7 Å². The largest absolute Gasteiger partial charge is 0.497 e. The van der Waals surface area contributed by atoms with E-state index in [1.54, 1.807) is 26.2 Å². The predicted molar refractivity (Wildman–Crippen MR) is 123 cm³/mol. The van der Waals surface area contributed by atoms with E-state index in [9.17, 15) is 9.59 Å². The average Bonchev–Trinajstić information content (AvgIpc) is 3.12. The molecule has 0 aliphatic carbocycles. The first kappa shape index (κ1) is 22.8. The van der Waals surface area contributed by atoms with Crippen molar-refractivity contribution in [2.45, 2.75) is 20.4 Å². The van der Waals surface area contributed by atoms with Gasteiger partial charge in [-0.15, -0.1) is 0 Å². The zero-order valence-corrected chi connectivity index (χ0v) is 19.1. The maximum atomic E-state index is 13.2. The summed E-state index contributed by atoms with van der Waals surface area (Å²) in [6.07, 6.45) is 0. The van der Waals surface area contributed by atoms with Crippen molar-refractivity contribution in [3.05, 3.63) is 53.7 Å². The third-order valence-corrected chi connectivity index (χ3v) is 5.59. The lowest BCUT2D eigenvalue weighted by molar-refractivity contribution is -0.131. The van der Waals surface area contributed by atoms with Crippen molar-refractivity contribution in [3.63, 3.8) is 0 Å². The van der Waals surface area contributed by atoms with Gasteiger partial charge in [-0.05, 0) is 49.4 Å². The molecule has 1 aliphatic rings. The van der Waals surface area contributed by atoms with Crippen LogP contribution in [-0.2, 0) is 20.8 Å². The molecule has 33 heavy (non-hydrogen) atoms. The summed E-state index contributed by atoms with van der Waals surface area (Å²) in [4.78, 5) is 27.0. The lowest BCUT2D eigenvalue weighted by Crippen LogP contribution is -2.36. The van der Waals surface area contributed by atoms with E-state index in [4.69, 9.17) is 18.9 Å². The summed E-state index contributed by atoms with van der Waals surface area (Å²) < 4.78 is 23.6. The zero-order valence-electron chi connectivity index (χ0n) is 19.1. The van der Waals surface area contributed by atoms with E-state index < -0.39 is 11.9 Å². The molecule has 1 fully saturated rings. The summed E-state index contributed by atoms with van der Waals surface area (Å²) in [6.45, 7) is 6.77. The normalized spacial score (nSPS) is 14.3. The van der Waals surface area contributed by atoms with Gasteiger partial charge < -0.3 is 23.5 Å². The third kappa shape index (κ3) is 4.86. The number of ether oxygens (including phenoxy) is 4. The Morgan fingerprint density at radius 3 is 2.36 bits per heavy atom. The van der Waals surface area contributed by atoms with Gasteiger partial charge in [-0.1, -0.05) is 0 Å². The first-order valence-corrected chi connectivity index (χ1v) is 11.0. The Hall–Kier alpha value is -3.36. The minimum absolute atomic E-state index is 0.259. The molecule has 0 unspecified atom stereocenters. The van der Waals surface area contributed by atoms with Crippen LogP contribution in [0.15, 0.2) is 42.5 Å². The standard InChI is InChI=1S/C25H28N2O6/c1-4-32-25(29)24-21-15-20(33-17(2)28)9-10-22(21)27(18-5-7-19(30-3)8-6-18)23(24)16-26-11-13-31-14-12-26/h5-10,15H,4,11-14,16H2,1-3H3. The van der Waals surface area contributed by atoms with Crippen molar-refractivity contribution in [3.8, 4) is 17.2 Å². The molecule has 4 rings (SSSR count). The summed E-state index contributed by atoms with van der Waals surface area (Å²) in [7, 11) is 1.62. The van der Waals surface area contributed by atoms with Crippen molar-refractivity contribution in [2.24, 2.45) is 0 Å². The second kappa shape index (κ2) is 10.1. The van der Waals surface area contributed by atoms with Crippen LogP contribution < -0.4 is 9.47 Å². The number of hydrogen-bond donors (Lipinski definition) is 0. The summed E-state index contributed by atoms with van der Waals surface area (Å²) in [5.41, 5.74) is 3.00. The number of benzene rings is 2. The van der Waals surface area contributed by atoms with Crippen LogP contribution in [0.3, 0.4) is 0 Å². The number of carbonyl (C=O) groups is 2. The highest BCUT2D eigenvalue weighted by Gasteiger charge is 2.27. The maximum absolute atomic E-state index is 13.2. The Bertz CT molecular complexity index is 1150. The number of carbonyl (C=O) groups excluding carboxylic acids is 2. The van der Waals surface area contributed by atoms with Crippen LogP contribution in [0.25, 0.3) is 16.6 Å². The first-order valence-electron chi connectivity index (χ1n) is 11.0. The molecule has 0 saturated carbocycles. The van der Waals surface area contributed by atoms with Gasteiger partial charge in [0, 0.05) is 37.6 Å². The van der Waals surface area contributed by atoms with E-state index in [-0.39, 0.29) is 6.61 Å². The number of rotatable bonds is 7. The van der Waals surface area contributed by atoms with Gasteiger partial charge in [0.1, 0.15) is 11.5 Å². The molecular weight excluding hydrogens is 424 g/mol. The molecule has 2 aromatic carbocycles. The molecule has 0 spiro atoms. The second-order valence-corrected chi connectivity index (χ2v) is 7.74. The van der Waals surface area contributed by atoms with Gasteiger partial charge in [-0.2, -0.15) is 0 Å². The van der Waals surface area contributed by atoms with Crippen molar-refractivity contribution in [1.29, 1.82) is 0 Å². The van der Waals surface area contributed by atoms with Crippen molar-refractivity contribution in [2.75, 3.05) is 40.0 Å². The van der Waals surface area contributed by atoms with Gasteiger partial charge in [0.25, 0.3) is 0 Å². The lowest BCUT2D eigenvalue weighted by Gasteiger charge is -2.27. The second-order valence-electron chi connectivity index (χ2n) is 7.74. The molecule has 2 heterocycles. The molecule has 8 heteroatoms. The lowest BCUT2D eigenvalue weighted by atomic mass is 10.1. The van der Waals surface area contributed by atoms with Crippen LogP contribution in [0.2, 0.25) is 0 Å². The van der Waals surface area contributed by atoms with Crippen LogP contribution in [0.5, 0.6) is 11.5 Å². The van der Waals surface area contributed by atoms with E-state index in [2.05, 4.69) is 9.47 Å². The number of aromatic nitrogens is 1. The zero-order chi connectivity index (χ0) is 23.4. The summed E-state index contributed by atoms with van der Waals surface area (Å²) >= 11 is 0. The summed E-state index contributed by atoms with van der Waals surface area (Å²) in [5, 5.41) is 0.672. The van der Waals surface area contributed by atoms with E-state index >= 15 is 0 Å². The molecular formula is C25H28N2O6. The van der Waals surface area contributed by atoms with Crippen LogP contribution in [-0.4, -0.2) is 61.4 Å². The average molecular weight is 453 g/mol. The van der Waals surface area contributed by atoms with Crippen molar-refractivity contribution < 1.29 is 28.5 Å². The molecule has 3 aromatic rings. The summed E-state index contributed by atoms with van der Waals surface area (Å²) in [6, 6.07) is 13.0. The highest BCUT2D eigenvalue weighted by atomic mass is 16.5. The molecule has 1 aromatic heterocycles.